The van der Waals surface area contributed by atoms with Crippen molar-refractivity contribution in [3.05, 3.63) is 33.1 Å². The molecule has 14 nitrogen and oxygen atoms in total. The Balaban J connectivity index is 2.09. The van der Waals surface area contributed by atoms with Gasteiger partial charge in [0.15, 0.2) is 6.23 Å². The highest BCUT2D eigenvalue weighted by Crippen LogP contribution is 2.57. The molecule has 0 saturated carbocycles. The Kier molecular flexibility index (Phi) is 5.81. The smallest absolute Gasteiger partial charge is 0.387 e. The number of hydrogen-bond acceptors (Lipinski definition) is 9. The van der Waals surface area contributed by atoms with Gasteiger partial charge in [0.1, 0.15) is 18.3 Å². The van der Waals surface area contributed by atoms with Gasteiger partial charge in [-0.05, 0) is 0 Å². The van der Waals surface area contributed by atoms with E-state index in [1.54, 1.807) is 0 Å². The van der Waals surface area contributed by atoms with Gasteiger partial charge < -0.3 is 29.6 Å². The van der Waals surface area contributed by atoms with Crippen molar-refractivity contribution >= 4 is 15.6 Å². The highest BCUT2D eigenvalue weighted by Gasteiger charge is 2.45. The second-order valence-electron chi connectivity index (χ2n) is 4.90. The number of H-pyrrole nitrogens is 1. The third kappa shape index (κ3) is 5.15. The Hall–Kier alpha value is -1.18. The zero-order valence-corrected chi connectivity index (χ0v) is 13.9. The number of aromatic nitrogens is 2. The van der Waals surface area contributed by atoms with E-state index in [1.165, 1.54) is 0 Å². The first kappa shape index (κ1) is 20.1. The number of hydrogen-bond donors (Lipinski definition) is 6. The number of aliphatic hydroxyl groups excluding tert-OH is 2. The number of aliphatic hydroxyl groups is 2. The summed E-state index contributed by atoms with van der Waals surface area (Å²) in [7, 11) is -10.5. The van der Waals surface area contributed by atoms with Gasteiger partial charge in [-0.1, -0.05) is 0 Å². The molecule has 0 amide bonds. The van der Waals surface area contributed by atoms with Crippen molar-refractivity contribution in [2.24, 2.45) is 0 Å². The molecule has 16 heteroatoms. The third-order valence-corrected chi connectivity index (χ3v) is 5.23. The van der Waals surface area contributed by atoms with Crippen LogP contribution >= 0.6 is 15.6 Å². The van der Waals surface area contributed by atoms with Crippen molar-refractivity contribution in [2.45, 2.75) is 24.5 Å². The number of rotatable bonds is 6. The van der Waals surface area contributed by atoms with E-state index in [9.17, 15) is 28.9 Å². The first-order chi connectivity index (χ1) is 11.4. The van der Waals surface area contributed by atoms with E-state index in [0.29, 0.717) is 0 Å². The van der Waals surface area contributed by atoms with Crippen LogP contribution in [0.3, 0.4) is 0 Å². The van der Waals surface area contributed by atoms with Crippen LogP contribution in [-0.4, -0.2) is 59.4 Å². The highest BCUT2D eigenvalue weighted by atomic mass is 31.3. The molecule has 142 valence electrons. The Labute approximate surface area is 138 Å². The molecular formula is C9H14N2O12P2. The van der Waals surface area contributed by atoms with Gasteiger partial charge in [-0.2, -0.15) is 4.31 Å². The normalized spacial score (nSPS) is 29.5. The van der Waals surface area contributed by atoms with Crippen LogP contribution in [0.2, 0.25) is 0 Å². The van der Waals surface area contributed by atoms with Crippen molar-refractivity contribution in [3.8, 4) is 0 Å². The van der Waals surface area contributed by atoms with Crippen LogP contribution in [0, 0.1) is 0 Å². The van der Waals surface area contributed by atoms with Crippen LogP contribution in [0.1, 0.15) is 6.23 Å². The molecule has 0 radical (unpaired) electrons. The summed E-state index contributed by atoms with van der Waals surface area (Å²) in [6, 6.07) is 0.962. The molecule has 1 aliphatic heterocycles. The van der Waals surface area contributed by atoms with Crippen LogP contribution < -0.4 is 11.2 Å². The van der Waals surface area contributed by atoms with E-state index in [-0.39, 0.29) is 0 Å². The second kappa shape index (κ2) is 7.21. The lowest BCUT2D eigenvalue weighted by molar-refractivity contribution is -0.0542. The predicted octanol–water partition coefficient (Wildman–Crippen LogP) is -2.62. The zero-order chi connectivity index (χ0) is 19.0. The summed E-state index contributed by atoms with van der Waals surface area (Å²) in [5.41, 5.74) is -1.65. The molecule has 1 aliphatic rings. The first-order valence-corrected chi connectivity index (χ1v) is 9.49. The van der Waals surface area contributed by atoms with Crippen LogP contribution in [-0.2, 0) is 22.7 Å². The van der Waals surface area contributed by atoms with Crippen molar-refractivity contribution in [2.75, 3.05) is 6.61 Å². The van der Waals surface area contributed by atoms with E-state index >= 15 is 0 Å². The summed E-state index contributed by atoms with van der Waals surface area (Å²) in [5.74, 6) is 0. The monoisotopic (exact) mass is 404 g/mol. The molecule has 1 saturated heterocycles. The first-order valence-electron chi connectivity index (χ1n) is 6.47. The number of aromatic amines is 1. The molecule has 0 aliphatic carbocycles. The van der Waals surface area contributed by atoms with Gasteiger partial charge in [-0.15, -0.1) is 0 Å². The van der Waals surface area contributed by atoms with E-state index < -0.39 is 58.0 Å². The Morgan fingerprint density at radius 1 is 1.20 bits per heavy atom. The molecule has 6 N–H and O–H groups in total. The van der Waals surface area contributed by atoms with Gasteiger partial charge >= 0.3 is 21.3 Å². The number of phosphoric acid groups is 2. The number of nitrogens with zero attached hydrogens (tertiary/aromatic N) is 1. The molecule has 2 rings (SSSR count). The SMILES string of the molecule is O=c1ccn([C@H]2O[C@@H](COP(=O)(O)OP(=O)(O)O)C(O)C2O)c(=O)[nH]1. The molecule has 1 aromatic heterocycles. The largest absolute Gasteiger partial charge is 0.481 e. The molecule has 0 aromatic carbocycles. The van der Waals surface area contributed by atoms with E-state index in [2.05, 4.69) is 8.83 Å². The molecule has 3 unspecified atom stereocenters. The quantitative estimate of drug-likeness (QED) is 0.269. The van der Waals surface area contributed by atoms with E-state index in [1.807, 2.05) is 4.98 Å². The van der Waals surface area contributed by atoms with Crippen molar-refractivity contribution in [3.63, 3.8) is 0 Å². The van der Waals surface area contributed by atoms with Crippen LogP contribution in [0.25, 0.3) is 0 Å². The summed E-state index contributed by atoms with van der Waals surface area (Å²) in [6.45, 7) is -0.902. The van der Waals surface area contributed by atoms with Crippen LogP contribution in [0.5, 0.6) is 0 Å². The molecule has 1 fully saturated rings. The Bertz CT molecular complexity index is 828. The summed E-state index contributed by atoms with van der Waals surface area (Å²) in [6.07, 6.45) is -5.25. The lowest BCUT2D eigenvalue weighted by Gasteiger charge is -2.17. The van der Waals surface area contributed by atoms with Gasteiger partial charge in [0.2, 0.25) is 0 Å². The maximum absolute atomic E-state index is 11.7. The fraction of sp³-hybridized carbons (Fsp3) is 0.556. The van der Waals surface area contributed by atoms with Crippen molar-refractivity contribution < 1.29 is 47.6 Å². The Morgan fingerprint density at radius 2 is 1.84 bits per heavy atom. The minimum absolute atomic E-state index is 0.704. The van der Waals surface area contributed by atoms with Gasteiger partial charge in [0.05, 0.1) is 6.61 Å². The average Bonchev–Trinajstić information content (AvgIpc) is 2.71. The van der Waals surface area contributed by atoms with E-state index in [0.717, 1.165) is 16.8 Å². The van der Waals surface area contributed by atoms with Gasteiger partial charge in [0.25, 0.3) is 5.56 Å². The van der Waals surface area contributed by atoms with E-state index in [4.69, 9.17) is 19.4 Å². The third-order valence-electron chi connectivity index (χ3n) is 3.07. The van der Waals surface area contributed by atoms with Crippen LogP contribution in [0.4, 0.5) is 0 Å². The highest BCUT2D eigenvalue weighted by molar-refractivity contribution is 7.60. The molecular weight excluding hydrogens is 390 g/mol. The lowest BCUT2D eigenvalue weighted by Crippen LogP contribution is -2.37. The summed E-state index contributed by atoms with van der Waals surface area (Å²) in [4.78, 5) is 50.7. The van der Waals surface area contributed by atoms with Gasteiger partial charge in [-0.3, -0.25) is 18.9 Å². The molecule has 1 aromatic rings. The molecule has 0 spiro atoms. The van der Waals surface area contributed by atoms with Gasteiger partial charge in [0, 0.05) is 12.3 Å². The van der Waals surface area contributed by atoms with Crippen molar-refractivity contribution in [1.29, 1.82) is 0 Å². The minimum Gasteiger partial charge on any atom is -0.387 e. The minimum atomic E-state index is -5.32. The molecule has 5 atom stereocenters. The number of phosphoric ester groups is 1. The standard InChI is InChI=1S/C9H14N2O12P2/c12-5-1-2-11(9(15)10-5)8-7(14)6(13)4(22-8)3-21-25(19,20)23-24(16,17)18/h1-2,4,6-8,13-14H,3H2,(H,19,20)(H,10,12,15)(H2,16,17,18)/t4-,6?,7?,8-/m0/s1. The van der Waals surface area contributed by atoms with Gasteiger partial charge in [-0.25, -0.2) is 13.9 Å². The lowest BCUT2D eigenvalue weighted by atomic mass is 10.1. The zero-order valence-electron chi connectivity index (χ0n) is 12.1. The molecule has 0 bridgehead atoms. The summed E-state index contributed by atoms with van der Waals surface area (Å²) >= 11 is 0. The maximum Gasteiger partial charge on any atom is 0.481 e. The summed E-state index contributed by atoms with van der Waals surface area (Å²) in [5, 5.41) is 19.8. The van der Waals surface area contributed by atoms with Crippen LogP contribution in [0.15, 0.2) is 21.9 Å². The topological polar surface area (TPSA) is 218 Å². The fourth-order valence-corrected chi connectivity index (χ4v) is 3.65. The second-order valence-corrected chi connectivity index (χ2v) is 7.73. The summed E-state index contributed by atoms with van der Waals surface area (Å²) < 4.78 is 35.6. The maximum atomic E-state index is 11.7. The molecule has 2 heterocycles. The molecule has 25 heavy (non-hydrogen) atoms. The number of nitrogens with one attached hydrogen (secondary N) is 1. The van der Waals surface area contributed by atoms with Crippen molar-refractivity contribution in [1.82, 2.24) is 9.55 Å². The Morgan fingerprint density at radius 3 is 2.40 bits per heavy atom. The average molecular weight is 404 g/mol. The predicted molar refractivity (Wildman–Crippen MR) is 76.2 cm³/mol. The number of ether oxygens (including phenoxy) is 1. The fourth-order valence-electron chi connectivity index (χ4n) is 2.05.